The molecule has 0 aliphatic heterocycles. The summed E-state index contributed by atoms with van der Waals surface area (Å²) < 4.78 is 16.8. The Morgan fingerprint density at radius 3 is 0.901 bits per heavy atom. The van der Waals surface area contributed by atoms with Gasteiger partial charge in [-0.3, -0.25) is 14.4 Å². The van der Waals surface area contributed by atoms with Crippen molar-refractivity contribution in [1.29, 1.82) is 0 Å². The van der Waals surface area contributed by atoms with Crippen LogP contribution in [-0.2, 0) is 28.6 Å². The molecule has 0 saturated heterocycles. The lowest BCUT2D eigenvalue weighted by molar-refractivity contribution is -0.167. The molecule has 0 spiro atoms. The Kier molecular flexibility index (Phi) is 55.4. The Hall–Kier alpha value is -3.93. The van der Waals surface area contributed by atoms with E-state index in [4.69, 9.17) is 14.2 Å². The summed E-state index contributed by atoms with van der Waals surface area (Å²) in [5.74, 6) is -0.933. The van der Waals surface area contributed by atoms with Crippen molar-refractivity contribution < 1.29 is 28.6 Å². The Bertz CT molecular complexity index is 1460. The first-order chi connectivity index (χ1) is 35.0. The molecule has 0 aliphatic carbocycles. The molecule has 0 N–H and O–H groups in total. The predicted octanol–water partition coefficient (Wildman–Crippen LogP) is 19.9. The van der Waals surface area contributed by atoms with Crippen molar-refractivity contribution in [3.8, 4) is 0 Å². The molecule has 71 heavy (non-hydrogen) atoms. The summed E-state index contributed by atoms with van der Waals surface area (Å²) in [6.07, 6.45) is 79.3. The minimum Gasteiger partial charge on any atom is -0.462 e. The maximum Gasteiger partial charge on any atom is 0.306 e. The van der Waals surface area contributed by atoms with Crippen molar-refractivity contribution in [2.75, 3.05) is 13.2 Å². The van der Waals surface area contributed by atoms with Gasteiger partial charge in [-0.1, -0.05) is 246 Å². The summed E-state index contributed by atoms with van der Waals surface area (Å²) in [7, 11) is 0. The largest absolute Gasteiger partial charge is 0.462 e. The number of hydrogen-bond acceptors (Lipinski definition) is 6. The van der Waals surface area contributed by atoms with Gasteiger partial charge in [-0.15, -0.1) is 0 Å². The molecule has 0 bridgehead atoms. The fourth-order valence-corrected chi connectivity index (χ4v) is 7.86. The Morgan fingerprint density at radius 2 is 0.549 bits per heavy atom. The summed E-state index contributed by atoms with van der Waals surface area (Å²) >= 11 is 0. The minimum absolute atomic E-state index is 0.0915. The van der Waals surface area contributed by atoms with E-state index in [1.807, 2.05) is 0 Å². The van der Waals surface area contributed by atoms with Crippen LogP contribution in [0.3, 0.4) is 0 Å². The van der Waals surface area contributed by atoms with Crippen LogP contribution in [0, 0.1) is 0 Å². The first-order valence-electron chi connectivity index (χ1n) is 29.4. The van der Waals surface area contributed by atoms with Gasteiger partial charge in [0.15, 0.2) is 6.10 Å². The van der Waals surface area contributed by atoms with Gasteiger partial charge in [0.1, 0.15) is 13.2 Å². The van der Waals surface area contributed by atoms with E-state index in [0.717, 1.165) is 122 Å². The van der Waals surface area contributed by atoms with Gasteiger partial charge in [-0.2, -0.15) is 0 Å². The van der Waals surface area contributed by atoms with E-state index in [0.29, 0.717) is 19.3 Å². The fraction of sp³-hybridized carbons (Fsp3) is 0.677. The van der Waals surface area contributed by atoms with Crippen LogP contribution in [0.2, 0.25) is 0 Å². The molecular formula is C65H108O6. The van der Waals surface area contributed by atoms with Crippen LogP contribution in [0.25, 0.3) is 0 Å². The molecule has 0 saturated carbocycles. The normalized spacial score (nSPS) is 12.9. The van der Waals surface area contributed by atoms with Gasteiger partial charge < -0.3 is 14.2 Å². The SMILES string of the molecule is CC/C=C\C/C=C\C/C=C\C/C=C\C/C=C\C/C=C\C/C=C\CCCCCC(=O)OCC(COC(=O)CCCCCCCCCCCCC)OC(=O)CCCCCCCCC/C=C\C/C=C\CCCCC. The first kappa shape index (κ1) is 67.1. The second-order valence-corrected chi connectivity index (χ2v) is 19.2. The highest BCUT2D eigenvalue weighted by Crippen LogP contribution is 2.15. The Balaban J connectivity index is 4.41. The molecule has 6 heteroatoms. The topological polar surface area (TPSA) is 78.9 Å². The zero-order valence-electron chi connectivity index (χ0n) is 46.2. The molecule has 6 nitrogen and oxygen atoms in total. The number of carbonyl (C=O) groups is 3. The number of unbranched alkanes of at least 4 members (excludes halogenated alkanes) is 23. The molecule has 1 unspecified atom stereocenters. The third kappa shape index (κ3) is 56.9. The summed E-state index contributed by atoms with van der Waals surface area (Å²) in [6, 6.07) is 0. The van der Waals surface area contributed by atoms with E-state index in [9.17, 15) is 14.4 Å². The van der Waals surface area contributed by atoms with Crippen molar-refractivity contribution in [3.05, 3.63) is 109 Å². The summed E-state index contributed by atoms with van der Waals surface area (Å²) in [5.41, 5.74) is 0. The van der Waals surface area contributed by atoms with Gasteiger partial charge in [0.25, 0.3) is 0 Å². The molecule has 0 aliphatic rings. The van der Waals surface area contributed by atoms with Crippen molar-refractivity contribution in [2.24, 2.45) is 0 Å². The first-order valence-corrected chi connectivity index (χ1v) is 29.4. The Labute approximate surface area is 438 Å². The standard InChI is InChI=1S/C65H108O6/c1-4-7-10-13-16-19-22-24-26-28-29-30-31-32-33-34-35-37-38-40-43-46-49-52-55-58-64(67)70-61-62(60-69-63(66)57-54-51-48-45-42-21-18-15-12-9-6-3)71-65(68)59-56-53-50-47-44-41-39-36-27-25-23-20-17-14-11-8-5-2/h7,10,16-17,19-20,24-27,29-30,32-33,35,37,40,43,62H,4-6,8-9,11-15,18,21-23,28,31,34,36,38-39,41-42,44-61H2,1-3H3/b10-7-,19-16-,20-17-,26-24-,27-25-,30-29-,33-32-,37-35-,43-40-. The highest BCUT2D eigenvalue weighted by Gasteiger charge is 2.19. The van der Waals surface area contributed by atoms with E-state index < -0.39 is 6.10 Å². The second kappa shape index (κ2) is 58.6. The number of rotatable bonds is 52. The summed E-state index contributed by atoms with van der Waals surface area (Å²) in [6.45, 7) is 6.46. The highest BCUT2D eigenvalue weighted by atomic mass is 16.6. The van der Waals surface area contributed by atoms with E-state index in [1.165, 1.54) is 103 Å². The molecule has 0 rings (SSSR count). The number of hydrogen-bond donors (Lipinski definition) is 0. The van der Waals surface area contributed by atoms with Crippen LogP contribution in [-0.4, -0.2) is 37.2 Å². The molecule has 0 amide bonds. The molecule has 1 atom stereocenters. The van der Waals surface area contributed by atoms with Crippen LogP contribution >= 0.6 is 0 Å². The van der Waals surface area contributed by atoms with E-state index >= 15 is 0 Å². The van der Waals surface area contributed by atoms with Crippen LogP contribution in [0.4, 0.5) is 0 Å². The summed E-state index contributed by atoms with van der Waals surface area (Å²) in [4.78, 5) is 38.1. The van der Waals surface area contributed by atoms with Gasteiger partial charge in [-0.05, 0) is 109 Å². The van der Waals surface area contributed by atoms with Gasteiger partial charge in [0, 0.05) is 19.3 Å². The zero-order chi connectivity index (χ0) is 51.4. The van der Waals surface area contributed by atoms with Crippen molar-refractivity contribution in [3.63, 3.8) is 0 Å². The molecule has 0 heterocycles. The molecule has 0 fully saturated rings. The maximum absolute atomic E-state index is 12.9. The van der Waals surface area contributed by atoms with Crippen molar-refractivity contribution in [2.45, 2.75) is 271 Å². The minimum atomic E-state index is -0.796. The predicted molar refractivity (Wildman–Crippen MR) is 307 cm³/mol. The molecular weight excluding hydrogens is 877 g/mol. The smallest absolute Gasteiger partial charge is 0.306 e. The van der Waals surface area contributed by atoms with Gasteiger partial charge >= 0.3 is 17.9 Å². The summed E-state index contributed by atoms with van der Waals surface area (Å²) in [5, 5.41) is 0. The lowest BCUT2D eigenvalue weighted by Gasteiger charge is -2.18. The van der Waals surface area contributed by atoms with Gasteiger partial charge in [-0.25, -0.2) is 0 Å². The third-order valence-electron chi connectivity index (χ3n) is 12.3. The van der Waals surface area contributed by atoms with Crippen LogP contribution < -0.4 is 0 Å². The molecule has 0 aromatic carbocycles. The van der Waals surface area contributed by atoms with E-state index in [2.05, 4.69) is 130 Å². The van der Waals surface area contributed by atoms with Crippen LogP contribution in [0.15, 0.2) is 109 Å². The quantitative estimate of drug-likeness (QED) is 0.0261. The zero-order valence-corrected chi connectivity index (χ0v) is 46.2. The monoisotopic (exact) mass is 985 g/mol. The number of ether oxygens (including phenoxy) is 3. The van der Waals surface area contributed by atoms with E-state index in [1.54, 1.807) is 0 Å². The third-order valence-corrected chi connectivity index (χ3v) is 12.3. The lowest BCUT2D eigenvalue weighted by Crippen LogP contribution is -2.30. The molecule has 0 aromatic rings. The van der Waals surface area contributed by atoms with Gasteiger partial charge in [0.2, 0.25) is 0 Å². The van der Waals surface area contributed by atoms with Crippen molar-refractivity contribution in [1.82, 2.24) is 0 Å². The molecule has 0 aromatic heterocycles. The highest BCUT2D eigenvalue weighted by molar-refractivity contribution is 5.71. The Morgan fingerprint density at radius 1 is 0.296 bits per heavy atom. The van der Waals surface area contributed by atoms with Crippen molar-refractivity contribution >= 4 is 17.9 Å². The molecule has 0 radical (unpaired) electrons. The average molecular weight is 986 g/mol. The number of carbonyl (C=O) groups excluding carboxylic acids is 3. The number of esters is 3. The molecule has 404 valence electrons. The fourth-order valence-electron chi connectivity index (χ4n) is 7.86. The maximum atomic E-state index is 12.9. The van der Waals surface area contributed by atoms with E-state index in [-0.39, 0.29) is 31.1 Å². The second-order valence-electron chi connectivity index (χ2n) is 19.2. The van der Waals surface area contributed by atoms with Gasteiger partial charge in [0.05, 0.1) is 0 Å². The lowest BCUT2D eigenvalue weighted by atomic mass is 10.1. The average Bonchev–Trinajstić information content (AvgIpc) is 3.37. The van der Waals surface area contributed by atoms with Crippen LogP contribution in [0.1, 0.15) is 265 Å². The van der Waals surface area contributed by atoms with Crippen LogP contribution in [0.5, 0.6) is 0 Å². The number of allylic oxidation sites excluding steroid dienone is 18.